The van der Waals surface area contributed by atoms with Gasteiger partial charge in [-0.05, 0) is 32.0 Å². The molecule has 7 heteroatoms. The first kappa shape index (κ1) is 16.9. The fourth-order valence-electron chi connectivity index (χ4n) is 1.88. The number of nitrogen functional groups attached to an aromatic ring is 2. The first-order valence-corrected chi connectivity index (χ1v) is 7.58. The molecule has 0 aliphatic carbocycles. The Kier molecular flexibility index (Phi) is 5.65. The van der Waals surface area contributed by atoms with Crippen molar-refractivity contribution in [1.29, 1.82) is 0 Å². The normalized spacial score (nSPS) is 10.9. The summed E-state index contributed by atoms with van der Waals surface area (Å²) in [7, 11) is 0. The van der Waals surface area contributed by atoms with Crippen LogP contribution in [-0.2, 0) is 0 Å². The average Bonchev–Trinajstić information content (AvgIpc) is 2.52. The zero-order valence-corrected chi connectivity index (χ0v) is 13.8. The van der Waals surface area contributed by atoms with Crippen LogP contribution < -0.4 is 20.9 Å². The van der Waals surface area contributed by atoms with Crippen LogP contribution in [0.15, 0.2) is 40.6 Å². The highest BCUT2D eigenvalue weighted by atomic mass is 35.5. The fraction of sp³-hybridized carbons (Fsp3) is 0.250. The van der Waals surface area contributed by atoms with Gasteiger partial charge < -0.3 is 20.9 Å². The zero-order valence-electron chi connectivity index (χ0n) is 13.0. The fourth-order valence-corrected chi connectivity index (χ4v) is 2.06. The molecule has 0 spiro atoms. The minimum absolute atomic E-state index is 0.429. The molecule has 4 N–H and O–H groups in total. The zero-order chi connectivity index (χ0) is 16.8. The van der Waals surface area contributed by atoms with Gasteiger partial charge in [-0.15, -0.1) is 5.11 Å². The van der Waals surface area contributed by atoms with Gasteiger partial charge in [-0.25, -0.2) is 0 Å². The monoisotopic (exact) mass is 334 g/mol. The Morgan fingerprint density at radius 1 is 0.913 bits per heavy atom. The van der Waals surface area contributed by atoms with Crippen LogP contribution in [0.3, 0.4) is 0 Å². The van der Waals surface area contributed by atoms with Gasteiger partial charge >= 0.3 is 0 Å². The molecule has 0 amide bonds. The third-order valence-electron chi connectivity index (χ3n) is 2.95. The van der Waals surface area contributed by atoms with E-state index in [0.29, 0.717) is 52.5 Å². The second-order valence-electron chi connectivity index (χ2n) is 4.63. The van der Waals surface area contributed by atoms with E-state index in [1.54, 1.807) is 30.3 Å². The molecule has 2 aromatic rings. The predicted octanol–water partition coefficient (Wildman–Crippen LogP) is 4.72. The summed E-state index contributed by atoms with van der Waals surface area (Å²) in [6, 6.07) is 8.42. The molecule has 0 bridgehead atoms. The smallest absolute Gasteiger partial charge is 0.149 e. The van der Waals surface area contributed by atoms with Crippen LogP contribution in [0.5, 0.6) is 11.5 Å². The van der Waals surface area contributed by atoms with Crippen LogP contribution in [0.25, 0.3) is 0 Å². The summed E-state index contributed by atoms with van der Waals surface area (Å²) in [4.78, 5) is 0. The minimum Gasteiger partial charge on any atom is -0.492 e. The molecule has 0 unspecified atom stereocenters. The van der Waals surface area contributed by atoms with Crippen LogP contribution in [0, 0.1) is 0 Å². The number of hydrogen-bond acceptors (Lipinski definition) is 6. The van der Waals surface area contributed by atoms with E-state index in [1.807, 2.05) is 13.8 Å². The maximum atomic E-state index is 5.98. The molecule has 0 heterocycles. The molecule has 2 aromatic carbocycles. The van der Waals surface area contributed by atoms with E-state index in [-0.39, 0.29) is 0 Å². The van der Waals surface area contributed by atoms with Gasteiger partial charge in [-0.2, -0.15) is 5.11 Å². The number of benzene rings is 2. The SMILES string of the molecule is CCOc1cc(/N=N/c2ccc(N)c(Cl)c2)c(OCC)cc1N. The summed E-state index contributed by atoms with van der Waals surface area (Å²) in [5.74, 6) is 1.08. The first-order valence-electron chi connectivity index (χ1n) is 7.21. The van der Waals surface area contributed by atoms with Crippen molar-refractivity contribution >= 4 is 34.4 Å². The van der Waals surface area contributed by atoms with Crippen LogP contribution in [-0.4, -0.2) is 13.2 Å². The van der Waals surface area contributed by atoms with E-state index in [0.717, 1.165) is 0 Å². The molecule has 0 aromatic heterocycles. The lowest BCUT2D eigenvalue weighted by Gasteiger charge is -2.11. The van der Waals surface area contributed by atoms with Gasteiger partial charge in [0.2, 0.25) is 0 Å². The largest absolute Gasteiger partial charge is 0.492 e. The highest BCUT2D eigenvalue weighted by Crippen LogP contribution is 2.38. The minimum atomic E-state index is 0.429. The molecule has 0 radical (unpaired) electrons. The highest BCUT2D eigenvalue weighted by molar-refractivity contribution is 6.33. The van der Waals surface area contributed by atoms with Gasteiger partial charge in [0.25, 0.3) is 0 Å². The predicted molar refractivity (Wildman–Crippen MR) is 93.2 cm³/mol. The van der Waals surface area contributed by atoms with Crippen LogP contribution in [0.4, 0.5) is 22.7 Å². The van der Waals surface area contributed by atoms with E-state index < -0.39 is 0 Å². The van der Waals surface area contributed by atoms with Crippen molar-refractivity contribution in [3.05, 3.63) is 35.4 Å². The van der Waals surface area contributed by atoms with Crippen molar-refractivity contribution in [3.63, 3.8) is 0 Å². The third-order valence-corrected chi connectivity index (χ3v) is 3.28. The molecule has 122 valence electrons. The maximum Gasteiger partial charge on any atom is 0.149 e. The van der Waals surface area contributed by atoms with Crippen molar-refractivity contribution in [2.75, 3.05) is 24.7 Å². The molecule has 0 aliphatic heterocycles. The number of rotatable bonds is 6. The molecule has 23 heavy (non-hydrogen) atoms. The van der Waals surface area contributed by atoms with Crippen LogP contribution >= 0.6 is 11.6 Å². The second kappa shape index (κ2) is 7.69. The topological polar surface area (TPSA) is 95.2 Å². The van der Waals surface area contributed by atoms with Crippen molar-refractivity contribution in [1.82, 2.24) is 0 Å². The highest BCUT2D eigenvalue weighted by Gasteiger charge is 2.10. The Labute approximate surface area is 140 Å². The third kappa shape index (κ3) is 4.26. The van der Waals surface area contributed by atoms with Gasteiger partial charge in [-0.1, -0.05) is 11.6 Å². The van der Waals surface area contributed by atoms with E-state index in [1.165, 1.54) is 0 Å². The molecular formula is C16H19ClN4O2. The summed E-state index contributed by atoms with van der Waals surface area (Å²) in [5, 5.41) is 8.81. The van der Waals surface area contributed by atoms with Gasteiger partial charge in [0.1, 0.15) is 17.2 Å². The quantitative estimate of drug-likeness (QED) is 0.590. The van der Waals surface area contributed by atoms with Gasteiger partial charge in [-0.3, -0.25) is 0 Å². The Morgan fingerprint density at radius 2 is 1.61 bits per heavy atom. The summed E-state index contributed by atoms with van der Waals surface area (Å²) < 4.78 is 11.0. The van der Waals surface area contributed by atoms with Crippen LogP contribution in [0.2, 0.25) is 5.02 Å². The molecule has 0 fully saturated rings. The molecule has 0 saturated heterocycles. The second-order valence-corrected chi connectivity index (χ2v) is 5.04. The number of nitrogens with two attached hydrogens (primary N) is 2. The summed E-state index contributed by atoms with van der Waals surface area (Å²) in [6.45, 7) is 4.76. The van der Waals surface area contributed by atoms with Crippen molar-refractivity contribution in [3.8, 4) is 11.5 Å². The Morgan fingerprint density at radius 3 is 2.26 bits per heavy atom. The van der Waals surface area contributed by atoms with E-state index in [2.05, 4.69) is 10.2 Å². The molecule has 6 nitrogen and oxygen atoms in total. The Hall–Kier alpha value is -2.47. The van der Waals surface area contributed by atoms with Gasteiger partial charge in [0, 0.05) is 12.1 Å². The van der Waals surface area contributed by atoms with E-state index in [9.17, 15) is 0 Å². The summed E-state index contributed by atoms with van der Waals surface area (Å²) in [6.07, 6.45) is 0. The summed E-state index contributed by atoms with van der Waals surface area (Å²) in [5.41, 5.74) is 13.7. The molecule has 0 atom stereocenters. The lowest BCUT2D eigenvalue weighted by Crippen LogP contribution is -1.99. The summed E-state index contributed by atoms with van der Waals surface area (Å²) >= 11 is 5.98. The lowest BCUT2D eigenvalue weighted by molar-refractivity contribution is 0.333. The first-order chi connectivity index (χ1) is 11.0. The number of anilines is 2. The van der Waals surface area contributed by atoms with Crippen molar-refractivity contribution < 1.29 is 9.47 Å². The van der Waals surface area contributed by atoms with E-state index in [4.69, 9.17) is 32.5 Å². The molecule has 0 aliphatic rings. The Balaban J connectivity index is 2.37. The molecule has 0 saturated carbocycles. The Bertz CT molecular complexity index is 719. The maximum absolute atomic E-state index is 5.98. The van der Waals surface area contributed by atoms with Gasteiger partial charge in [0.05, 0.1) is 35.3 Å². The van der Waals surface area contributed by atoms with Crippen LogP contribution in [0.1, 0.15) is 13.8 Å². The molecule has 2 rings (SSSR count). The molecular weight excluding hydrogens is 316 g/mol. The number of nitrogens with zero attached hydrogens (tertiary/aromatic N) is 2. The lowest BCUT2D eigenvalue weighted by atomic mass is 10.2. The average molecular weight is 335 g/mol. The number of hydrogen-bond donors (Lipinski definition) is 2. The van der Waals surface area contributed by atoms with Crippen molar-refractivity contribution in [2.45, 2.75) is 13.8 Å². The van der Waals surface area contributed by atoms with Gasteiger partial charge in [0.15, 0.2) is 0 Å². The number of halogens is 1. The van der Waals surface area contributed by atoms with Crippen molar-refractivity contribution in [2.24, 2.45) is 10.2 Å². The number of ether oxygens (including phenoxy) is 2. The number of azo groups is 1. The van der Waals surface area contributed by atoms with E-state index >= 15 is 0 Å². The standard InChI is InChI=1S/C16H19ClN4O2/c1-3-22-15-9-14(16(23-4-2)8-13(15)19)21-20-10-5-6-12(18)11(17)7-10/h5-9H,3-4,18-19H2,1-2H3/b21-20+.